The molecule has 0 bridgehead atoms. The van der Waals surface area contributed by atoms with Gasteiger partial charge in [0.2, 0.25) is 0 Å². The van der Waals surface area contributed by atoms with E-state index in [1.165, 1.54) is 19.3 Å². The van der Waals surface area contributed by atoms with Crippen molar-refractivity contribution in [2.24, 2.45) is 0 Å². The zero-order chi connectivity index (χ0) is 5.70. The minimum Gasteiger partial charge on any atom is -0.0657 e. The van der Waals surface area contributed by atoms with Crippen LogP contribution in [0.25, 0.3) is 0 Å². The van der Waals surface area contributed by atoms with Crippen LogP contribution < -0.4 is 0 Å². The third kappa shape index (κ3) is 6.22. The predicted molar refractivity (Wildman–Crippen MR) is 37.5 cm³/mol. The first kappa shape index (κ1) is 7.22. The highest BCUT2D eigenvalue weighted by Crippen LogP contribution is 2.07. The maximum atomic E-state index is 2.29. The van der Waals surface area contributed by atoms with Crippen molar-refractivity contribution in [3.8, 4) is 0 Å². The minimum absolute atomic E-state index is 0.931. The van der Waals surface area contributed by atoms with Gasteiger partial charge in [0.1, 0.15) is 0 Å². The van der Waals surface area contributed by atoms with Gasteiger partial charge in [0.15, 0.2) is 0 Å². The van der Waals surface area contributed by atoms with Crippen LogP contribution in [0.15, 0.2) is 0 Å². The second-order valence-electron chi connectivity index (χ2n) is 2.25. The average Bonchev–Trinajstić information content (AvgIpc) is 1.61. The van der Waals surface area contributed by atoms with Gasteiger partial charge in [-0.05, 0) is 0 Å². The second kappa shape index (κ2) is 4.38. The molecule has 0 heterocycles. The highest BCUT2D eigenvalue weighted by molar-refractivity contribution is 6.11. The number of hydrogen-bond donors (Lipinski definition) is 0. The van der Waals surface area contributed by atoms with E-state index >= 15 is 0 Å². The Kier molecular flexibility index (Phi) is 4.51. The summed E-state index contributed by atoms with van der Waals surface area (Å²) in [6.45, 7) is 4.53. The van der Waals surface area contributed by atoms with Gasteiger partial charge in [0.05, 0.1) is 0 Å². The second-order valence-corrected chi connectivity index (χ2v) is 3.64. The third-order valence-electron chi connectivity index (χ3n) is 1.05. The lowest BCUT2D eigenvalue weighted by Crippen LogP contribution is -1.82. The van der Waals surface area contributed by atoms with Crippen molar-refractivity contribution in [2.75, 3.05) is 0 Å². The van der Waals surface area contributed by atoms with Gasteiger partial charge < -0.3 is 0 Å². The van der Waals surface area contributed by atoms with Crippen molar-refractivity contribution in [3.05, 3.63) is 0 Å². The van der Waals surface area contributed by atoms with E-state index in [4.69, 9.17) is 0 Å². The Bertz CT molecular complexity index is 33.2. The van der Waals surface area contributed by atoms with Gasteiger partial charge in [-0.25, -0.2) is 0 Å². The molecule has 0 aliphatic carbocycles. The topological polar surface area (TPSA) is 0 Å². The average molecular weight is 115 g/mol. The van der Waals surface area contributed by atoms with Gasteiger partial charge in [-0.2, -0.15) is 0 Å². The van der Waals surface area contributed by atoms with Gasteiger partial charge in [0, 0.05) is 10.2 Å². The van der Waals surface area contributed by atoms with Crippen LogP contribution in [0.3, 0.4) is 0 Å². The summed E-state index contributed by atoms with van der Waals surface area (Å²) in [4.78, 5) is 0. The number of unbranched alkanes of at least 4 members (excludes halogenated alkanes) is 1. The summed E-state index contributed by atoms with van der Waals surface area (Å²) in [6, 6.07) is 0. The molecule has 0 saturated heterocycles. The van der Waals surface area contributed by atoms with Crippen LogP contribution >= 0.6 is 0 Å². The largest absolute Gasteiger partial charge is 0.0657 e. The minimum atomic E-state index is 0.931. The molecule has 0 rings (SSSR count). The van der Waals surface area contributed by atoms with Gasteiger partial charge in [-0.15, -0.1) is 0 Å². The lowest BCUT2D eigenvalue weighted by atomic mass is 10.2. The molecule has 0 saturated carbocycles. The van der Waals surface area contributed by atoms with Crippen molar-refractivity contribution < 1.29 is 0 Å². The van der Waals surface area contributed by atoms with Crippen molar-refractivity contribution in [3.63, 3.8) is 0 Å². The van der Waals surface area contributed by atoms with Gasteiger partial charge in [-0.1, -0.05) is 38.7 Å². The fraction of sp³-hybridized carbons (Fsp3) is 1.00. The van der Waals surface area contributed by atoms with E-state index in [9.17, 15) is 0 Å². The van der Waals surface area contributed by atoms with E-state index < -0.39 is 0 Å². The molecule has 0 aliphatic rings. The summed E-state index contributed by atoms with van der Waals surface area (Å²) in [7, 11) is 2.10. The maximum absolute atomic E-state index is 2.29. The van der Waals surface area contributed by atoms with Crippen LogP contribution in [-0.4, -0.2) is 10.2 Å². The molecule has 43 valence electrons. The fourth-order valence-corrected chi connectivity index (χ4v) is 0.841. The van der Waals surface area contributed by atoms with Crippen molar-refractivity contribution in [2.45, 2.75) is 38.7 Å². The molecular weight excluding hydrogens is 100 g/mol. The molecule has 0 N–H and O–H groups in total. The van der Waals surface area contributed by atoms with E-state index in [-0.39, 0.29) is 0 Å². The zero-order valence-electron chi connectivity index (χ0n) is 5.41. The van der Waals surface area contributed by atoms with Crippen LogP contribution in [0, 0.1) is 0 Å². The molecule has 0 amide bonds. The first-order valence-electron chi connectivity index (χ1n) is 3.10. The molecule has 1 atom stereocenters. The lowest BCUT2D eigenvalue weighted by Gasteiger charge is -1.98. The van der Waals surface area contributed by atoms with Crippen LogP contribution in [0.4, 0.5) is 0 Å². The normalized spacial score (nSPS) is 14.1. The SMILES string of the molecule is CCCCC(C)[SiH2]. The summed E-state index contributed by atoms with van der Waals surface area (Å²) >= 11 is 0. The van der Waals surface area contributed by atoms with Crippen LogP contribution in [0.2, 0.25) is 5.54 Å². The van der Waals surface area contributed by atoms with Crippen LogP contribution in [-0.2, 0) is 0 Å². The number of hydrogen-bond acceptors (Lipinski definition) is 0. The van der Waals surface area contributed by atoms with Gasteiger partial charge >= 0.3 is 0 Å². The molecule has 1 unspecified atom stereocenters. The first-order chi connectivity index (χ1) is 3.27. The Balaban J connectivity index is 2.68. The standard InChI is InChI=1S/C6H15Si/c1-3-4-5-6(2)7/h6H,3-5,7H2,1-2H3. The molecule has 0 spiro atoms. The highest BCUT2D eigenvalue weighted by atomic mass is 28.1. The van der Waals surface area contributed by atoms with E-state index in [0.29, 0.717) is 0 Å². The molecule has 0 aliphatic heterocycles. The van der Waals surface area contributed by atoms with Crippen molar-refractivity contribution in [1.82, 2.24) is 0 Å². The molecule has 0 aromatic heterocycles. The molecule has 0 aromatic carbocycles. The van der Waals surface area contributed by atoms with E-state index in [0.717, 1.165) is 5.54 Å². The number of rotatable bonds is 3. The summed E-state index contributed by atoms with van der Waals surface area (Å²) in [6.07, 6.45) is 4.17. The highest BCUT2D eigenvalue weighted by Gasteiger charge is 1.88. The van der Waals surface area contributed by atoms with Crippen molar-refractivity contribution >= 4 is 10.2 Å². The Labute approximate surface area is 49.7 Å². The van der Waals surface area contributed by atoms with Crippen LogP contribution in [0.1, 0.15) is 33.1 Å². The molecule has 1 radical (unpaired) electrons. The lowest BCUT2D eigenvalue weighted by molar-refractivity contribution is 0.701. The third-order valence-corrected chi connectivity index (χ3v) is 1.46. The summed E-state index contributed by atoms with van der Waals surface area (Å²) in [5.74, 6) is 0. The maximum Gasteiger partial charge on any atom is 0.0118 e. The smallest absolute Gasteiger partial charge is 0.0118 e. The molecule has 1 heteroatoms. The fourth-order valence-electron chi connectivity index (χ4n) is 0.553. The molecular formula is C6H15Si. The van der Waals surface area contributed by atoms with Gasteiger partial charge in [0.25, 0.3) is 0 Å². The molecule has 7 heavy (non-hydrogen) atoms. The summed E-state index contributed by atoms with van der Waals surface area (Å²) < 4.78 is 0. The quantitative estimate of drug-likeness (QED) is 0.490. The van der Waals surface area contributed by atoms with Gasteiger partial charge in [-0.3, -0.25) is 0 Å². The Morgan fingerprint density at radius 1 is 1.57 bits per heavy atom. The summed E-state index contributed by atoms with van der Waals surface area (Å²) in [5.41, 5.74) is 0.931. The summed E-state index contributed by atoms with van der Waals surface area (Å²) in [5, 5.41) is 0. The van der Waals surface area contributed by atoms with E-state index in [1.54, 1.807) is 0 Å². The molecule has 0 fully saturated rings. The van der Waals surface area contributed by atoms with Crippen LogP contribution in [0.5, 0.6) is 0 Å². The molecule has 0 aromatic rings. The van der Waals surface area contributed by atoms with E-state index in [2.05, 4.69) is 24.1 Å². The Morgan fingerprint density at radius 2 is 2.14 bits per heavy atom. The monoisotopic (exact) mass is 115 g/mol. The predicted octanol–water partition coefficient (Wildman–Crippen LogP) is 1.62. The first-order valence-corrected chi connectivity index (χ1v) is 3.92. The zero-order valence-corrected chi connectivity index (χ0v) is 6.82. The Hall–Kier alpha value is 0.217. The molecule has 0 nitrogen and oxygen atoms in total. The van der Waals surface area contributed by atoms with Crippen molar-refractivity contribution in [1.29, 1.82) is 0 Å². The van der Waals surface area contributed by atoms with E-state index in [1.807, 2.05) is 0 Å². The Morgan fingerprint density at radius 3 is 2.29 bits per heavy atom.